The summed E-state index contributed by atoms with van der Waals surface area (Å²) in [6, 6.07) is 6.96. The van der Waals surface area contributed by atoms with E-state index < -0.39 is 13.0 Å². The summed E-state index contributed by atoms with van der Waals surface area (Å²) in [6.07, 6.45) is 0.768. The van der Waals surface area contributed by atoms with Gasteiger partial charge in [0.15, 0.2) is 0 Å². The van der Waals surface area contributed by atoms with Crippen LogP contribution in [0.15, 0.2) is 35.6 Å². The Balaban J connectivity index is 1.61. The summed E-state index contributed by atoms with van der Waals surface area (Å²) in [6.45, 7) is 3.07. The predicted molar refractivity (Wildman–Crippen MR) is 128 cm³/mol. The zero-order valence-electron chi connectivity index (χ0n) is 20.0. The summed E-state index contributed by atoms with van der Waals surface area (Å²) >= 11 is 0. The molecule has 1 aliphatic carbocycles. The van der Waals surface area contributed by atoms with Gasteiger partial charge in [-0.05, 0) is 43.5 Å². The molecule has 3 aromatic rings. The van der Waals surface area contributed by atoms with E-state index in [4.69, 9.17) is 10.3 Å². The van der Waals surface area contributed by atoms with Gasteiger partial charge >= 0.3 is 0 Å². The maximum Gasteiger partial charge on any atom is 0.255 e. The SMILES string of the molecule is COc1nc(NC2CC(C)(N(C)C(C)=O)C2)nn2ccc(-c3ccc(N=N)c(NCC(F)F)c3)c12. The summed E-state index contributed by atoms with van der Waals surface area (Å²) in [5, 5.41) is 13.9. The van der Waals surface area contributed by atoms with Crippen molar-refractivity contribution < 1.29 is 18.3 Å². The van der Waals surface area contributed by atoms with Crippen molar-refractivity contribution in [1.29, 1.82) is 5.53 Å². The molecule has 186 valence electrons. The van der Waals surface area contributed by atoms with E-state index >= 15 is 0 Å². The molecule has 1 saturated carbocycles. The van der Waals surface area contributed by atoms with E-state index in [2.05, 4.69) is 32.8 Å². The fourth-order valence-corrected chi connectivity index (χ4v) is 4.50. The molecule has 1 amide bonds. The molecule has 2 aromatic heterocycles. The highest BCUT2D eigenvalue weighted by molar-refractivity contribution is 5.87. The highest BCUT2D eigenvalue weighted by Gasteiger charge is 2.44. The van der Waals surface area contributed by atoms with Crippen molar-refractivity contribution in [3.05, 3.63) is 30.5 Å². The van der Waals surface area contributed by atoms with Crippen LogP contribution in [0.25, 0.3) is 16.6 Å². The number of amides is 1. The van der Waals surface area contributed by atoms with Gasteiger partial charge in [0.1, 0.15) is 11.2 Å². The molecule has 0 spiro atoms. The second kappa shape index (κ2) is 9.43. The monoisotopic (exact) mass is 486 g/mol. The van der Waals surface area contributed by atoms with Gasteiger partial charge < -0.3 is 20.3 Å². The van der Waals surface area contributed by atoms with Crippen molar-refractivity contribution in [2.75, 3.05) is 31.3 Å². The van der Waals surface area contributed by atoms with Gasteiger partial charge in [0.2, 0.25) is 17.7 Å². The van der Waals surface area contributed by atoms with Gasteiger partial charge in [-0.25, -0.2) is 18.8 Å². The second-order valence-electron chi connectivity index (χ2n) is 8.91. The number of alkyl halides is 2. The van der Waals surface area contributed by atoms with Crippen molar-refractivity contribution >= 4 is 28.7 Å². The number of rotatable bonds is 9. The fourth-order valence-electron chi connectivity index (χ4n) is 4.50. The van der Waals surface area contributed by atoms with Crippen LogP contribution in [0.4, 0.5) is 26.1 Å². The number of aromatic nitrogens is 3. The lowest BCUT2D eigenvalue weighted by atomic mass is 9.73. The van der Waals surface area contributed by atoms with Crippen LogP contribution in [-0.2, 0) is 4.79 Å². The van der Waals surface area contributed by atoms with Gasteiger partial charge in [-0.3, -0.25) is 4.79 Å². The molecular weight excluding hydrogens is 458 g/mol. The number of hydrogen-bond acceptors (Lipinski definition) is 8. The van der Waals surface area contributed by atoms with Crippen LogP contribution >= 0.6 is 0 Å². The number of nitrogens with one attached hydrogen (secondary N) is 3. The number of ether oxygens (including phenoxy) is 1. The Morgan fingerprint density at radius 3 is 2.77 bits per heavy atom. The molecule has 10 nitrogen and oxygen atoms in total. The summed E-state index contributed by atoms with van der Waals surface area (Å²) in [4.78, 5) is 18.0. The highest BCUT2D eigenvalue weighted by atomic mass is 19.3. The molecule has 1 aliphatic rings. The van der Waals surface area contributed by atoms with Crippen LogP contribution in [0, 0.1) is 5.53 Å². The van der Waals surface area contributed by atoms with E-state index in [1.54, 1.807) is 40.7 Å². The van der Waals surface area contributed by atoms with Crippen LogP contribution in [0.2, 0.25) is 0 Å². The standard InChI is InChI=1S/C23H28F2N8O2/c1-13(34)32(3)23(2)10-15(11-23)28-22-29-21(35-4)20-16(7-8-33(20)31-22)14-5-6-17(30-26)18(9-14)27-12-19(24)25/h5-9,15,19,26-27H,10-12H2,1-4H3,(H,28,31). The maximum absolute atomic E-state index is 12.7. The Bertz CT molecular complexity index is 1260. The third-order valence-corrected chi connectivity index (χ3v) is 6.53. The molecule has 4 rings (SSSR count). The smallest absolute Gasteiger partial charge is 0.255 e. The molecule has 0 unspecified atom stereocenters. The first-order chi connectivity index (χ1) is 16.6. The molecule has 0 radical (unpaired) electrons. The number of carbonyl (C=O) groups excluding carboxylic acids is 1. The molecule has 0 atom stereocenters. The van der Waals surface area contributed by atoms with Gasteiger partial charge in [0.05, 0.1) is 19.3 Å². The lowest BCUT2D eigenvalue weighted by Gasteiger charge is -2.50. The van der Waals surface area contributed by atoms with Crippen molar-refractivity contribution in [2.45, 2.75) is 44.7 Å². The van der Waals surface area contributed by atoms with Crippen LogP contribution in [0.1, 0.15) is 26.7 Å². The van der Waals surface area contributed by atoms with Crippen LogP contribution in [0.5, 0.6) is 5.88 Å². The highest BCUT2D eigenvalue weighted by Crippen LogP contribution is 2.39. The number of halogens is 2. The zero-order chi connectivity index (χ0) is 25.3. The molecule has 35 heavy (non-hydrogen) atoms. The third-order valence-electron chi connectivity index (χ3n) is 6.53. The molecule has 2 heterocycles. The Morgan fingerprint density at radius 1 is 1.40 bits per heavy atom. The van der Waals surface area contributed by atoms with Crippen LogP contribution < -0.4 is 15.4 Å². The molecule has 0 aliphatic heterocycles. The van der Waals surface area contributed by atoms with Crippen molar-refractivity contribution in [1.82, 2.24) is 19.5 Å². The van der Waals surface area contributed by atoms with E-state index in [0.29, 0.717) is 28.6 Å². The van der Waals surface area contributed by atoms with E-state index in [0.717, 1.165) is 18.4 Å². The van der Waals surface area contributed by atoms with E-state index in [1.807, 2.05) is 13.1 Å². The normalized spacial score (nSPS) is 19.3. The number of anilines is 2. The lowest BCUT2D eigenvalue weighted by molar-refractivity contribution is -0.136. The number of benzene rings is 1. The van der Waals surface area contributed by atoms with Crippen LogP contribution in [-0.4, -0.2) is 64.1 Å². The Labute approximate surface area is 201 Å². The predicted octanol–water partition coefficient (Wildman–Crippen LogP) is 4.56. The van der Waals surface area contributed by atoms with Crippen LogP contribution in [0.3, 0.4) is 0 Å². The molecule has 12 heteroatoms. The number of methoxy groups -OCH3 is 1. The minimum atomic E-state index is -2.54. The van der Waals surface area contributed by atoms with E-state index in [1.165, 1.54) is 7.11 Å². The number of carbonyl (C=O) groups is 1. The number of hydrogen-bond donors (Lipinski definition) is 3. The molecule has 0 bridgehead atoms. The quantitative estimate of drug-likeness (QED) is 0.382. The largest absolute Gasteiger partial charge is 0.479 e. The Hall–Kier alpha value is -3.83. The Kier molecular flexibility index (Phi) is 6.55. The summed E-state index contributed by atoms with van der Waals surface area (Å²) in [7, 11) is 3.33. The zero-order valence-corrected chi connectivity index (χ0v) is 20.0. The minimum absolute atomic E-state index is 0.0298. The average Bonchev–Trinajstić information content (AvgIpc) is 3.24. The van der Waals surface area contributed by atoms with Gasteiger partial charge in [-0.2, -0.15) is 10.1 Å². The molecular formula is C23H28F2N8O2. The number of fused-ring (bicyclic) bond motifs is 1. The summed E-state index contributed by atoms with van der Waals surface area (Å²) in [5.74, 6) is 0.778. The number of nitrogens with zero attached hydrogens (tertiary/aromatic N) is 5. The van der Waals surface area contributed by atoms with Gasteiger partial charge in [0.25, 0.3) is 6.43 Å². The van der Waals surface area contributed by atoms with Crippen molar-refractivity contribution in [2.24, 2.45) is 5.11 Å². The maximum atomic E-state index is 12.7. The lowest BCUT2D eigenvalue weighted by Crippen LogP contribution is -2.59. The summed E-state index contributed by atoms with van der Waals surface area (Å²) in [5.41, 5.74) is 9.76. The molecule has 1 fully saturated rings. The Morgan fingerprint density at radius 2 is 2.14 bits per heavy atom. The van der Waals surface area contributed by atoms with Gasteiger partial charge in [-0.1, -0.05) is 6.07 Å². The molecule has 3 N–H and O–H groups in total. The van der Waals surface area contributed by atoms with Gasteiger partial charge in [-0.15, -0.1) is 5.10 Å². The van der Waals surface area contributed by atoms with Crippen molar-refractivity contribution in [3.63, 3.8) is 0 Å². The van der Waals surface area contributed by atoms with Crippen molar-refractivity contribution in [3.8, 4) is 17.0 Å². The first-order valence-electron chi connectivity index (χ1n) is 11.1. The fraction of sp³-hybridized carbons (Fsp3) is 0.435. The molecule has 0 saturated heterocycles. The summed E-state index contributed by atoms with van der Waals surface area (Å²) < 4.78 is 32.6. The second-order valence-corrected chi connectivity index (χ2v) is 8.91. The molecule has 1 aromatic carbocycles. The van der Waals surface area contributed by atoms with E-state index in [-0.39, 0.29) is 23.2 Å². The topological polar surface area (TPSA) is 120 Å². The van der Waals surface area contributed by atoms with E-state index in [9.17, 15) is 13.6 Å². The minimum Gasteiger partial charge on any atom is -0.479 e. The van der Waals surface area contributed by atoms with Gasteiger partial charge in [0, 0.05) is 37.3 Å². The first-order valence-corrected chi connectivity index (χ1v) is 11.1. The third kappa shape index (κ3) is 4.73. The average molecular weight is 487 g/mol. The first kappa shape index (κ1) is 24.3.